The van der Waals surface area contributed by atoms with Gasteiger partial charge in [-0.15, -0.1) is 0 Å². The lowest BCUT2D eigenvalue weighted by Crippen LogP contribution is -2.28. The maximum atomic E-state index is 5.25. The summed E-state index contributed by atoms with van der Waals surface area (Å²) >= 11 is 0. The van der Waals surface area contributed by atoms with Crippen molar-refractivity contribution in [2.75, 3.05) is 7.11 Å². The Labute approximate surface area is 111 Å². The Hall–Kier alpha value is -0.860. The summed E-state index contributed by atoms with van der Waals surface area (Å²) in [6, 6.07) is 9.22. The van der Waals surface area contributed by atoms with Crippen molar-refractivity contribution in [2.45, 2.75) is 51.8 Å². The summed E-state index contributed by atoms with van der Waals surface area (Å²) in [4.78, 5) is 0. The molecule has 0 heterocycles. The van der Waals surface area contributed by atoms with E-state index in [4.69, 9.17) is 4.74 Å². The standard InChI is InChI=1S/C16H25NO/c1-3-16(10-13-8-9-13)17-11-14-6-4-5-7-15(14)12-18-2/h4-7,13,16-17H,3,8-12H2,1-2H3. The normalized spacial score (nSPS) is 16.8. The highest BCUT2D eigenvalue weighted by molar-refractivity contribution is 5.26. The molecule has 1 fully saturated rings. The van der Waals surface area contributed by atoms with Crippen LogP contribution in [0.5, 0.6) is 0 Å². The Morgan fingerprint density at radius 2 is 2.00 bits per heavy atom. The minimum atomic E-state index is 0.674. The van der Waals surface area contributed by atoms with Crippen LogP contribution in [0.1, 0.15) is 43.7 Å². The van der Waals surface area contributed by atoms with Gasteiger partial charge in [-0.25, -0.2) is 0 Å². The first-order chi connectivity index (χ1) is 8.83. The largest absolute Gasteiger partial charge is 0.380 e. The fraction of sp³-hybridized carbons (Fsp3) is 0.625. The van der Waals surface area contributed by atoms with Crippen LogP contribution < -0.4 is 5.32 Å². The molecule has 1 aliphatic carbocycles. The monoisotopic (exact) mass is 247 g/mol. The molecule has 1 atom stereocenters. The first kappa shape index (κ1) is 13.6. The molecule has 2 heteroatoms. The fourth-order valence-corrected chi connectivity index (χ4v) is 2.43. The van der Waals surface area contributed by atoms with Gasteiger partial charge in [0.15, 0.2) is 0 Å². The van der Waals surface area contributed by atoms with Gasteiger partial charge in [0, 0.05) is 19.7 Å². The van der Waals surface area contributed by atoms with Gasteiger partial charge in [-0.2, -0.15) is 0 Å². The van der Waals surface area contributed by atoms with Crippen molar-refractivity contribution in [1.82, 2.24) is 5.32 Å². The highest BCUT2D eigenvalue weighted by Gasteiger charge is 2.24. The molecule has 0 aromatic heterocycles. The summed E-state index contributed by atoms with van der Waals surface area (Å²) in [6.45, 7) is 3.95. The molecule has 0 saturated heterocycles. The Kier molecular flexibility index (Phi) is 5.21. The van der Waals surface area contributed by atoms with Gasteiger partial charge in [-0.05, 0) is 29.9 Å². The van der Waals surface area contributed by atoms with E-state index in [1.54, 1.807) is 7.11 Å². The van der Waals surface area contributed by atoms with E-state index in [1.165, 1.54) is 36.8 Å². The maximum Gasteiger partial charge on any atom is 0.0716 e. The zero-order chi connectivity index (χ0) is 12.8. The number of rotatable bonds is 8. The molecule has 1 aromatic carbocycles. The van der Waals surface area contributed by atoms with E-state index in [-0.39, 0.29) is 0 Å². The molecule has 0 aliphatic heterocycles. The van der Waals surface area contributed by atoms with Crippen molar-refractivity contribution in [3.63, 3.8) is 0 Å². The van der Waals surface area contributed by atoms with Crippen molar-refractivity contribution in [3.05, 3.63) is 35.4 Å². The molecule has 2 rings (SSSR count). The number of hydrogen-bond donors (Lipinski definition) is 1. The van der Waals surface area contributed by atoms with Crippen LogP contribution in [-0.4, -0.2) is 13.2 Å². The summed E-state index contributed by atoms with van der Waals surface area (Å²) in [6.07, 6.45) is 5.46. The second kappa shape index (κ2) is 6.91. The van der Waals surface area contributed by atoms with Crippen LogP contribution in [0.3, 0.4) is 0 Å². The van der Waals surface area contributed by atoms with Gasteiger partial charge in [-0.3, -0.25) is 0 Å². The summed E-state index contributed by atoms with van der Waals surface area (Å²) in [7, 11) is 1.76. The Bertz CT molecular complexity index is 360. The summed E-state index contributed by atoms with van der Waals surface area (Å²) in [5.74, 6) is 0.997. The lowest BCUT2D eigenvalue weighted by atomic mass is 10.1. The zero-order valence-corrected chi connectivity index (χ0v) is 11.6. The van der Waals surface area contributed by atoms with Crippen molar-refractivity contribution < 1.29 is 4.74 Å². The van der Waals surface area contributed by atoms with Gasteiger partial charge in [0.25, 0.3) is 0 Å². The number of ether oxygens (including phenoxy) is 1. The van der Waals surface area contributed by atoms with Crippen LogP contribution >= 0.6 is 0 Å². The van der Waals surface area contributed by atoms with Crippen LogP contribution in [0.15, 0.2) is 24.3 Å². The third-order valence-electron chi connectivity index (χ3n) is 3.81. The van der Waals surface area contributed by atoms with Crippen molar-refractivity contribution in [3.8, 4) is 0 Å². The molecule has 1 saturated carbocycles. The summed E-state index contributed by atoms with van der Waals surface area (Å²) in [5, 5.41) is 3.70. The average molecular weight is 247 g/mol. The van der Waals surface area contributed by atoms with E-state index in [0.29, 0.717) is 12.6 Å². The molecule has 0 spiro atoms. The van der Waals surface area contributed by atoms with E-state index < -0.39 is 0 Å². The Balaban J connectivity index is 1.87. The van der Waals surface area contributed by atoms with E-state index in [9.17, 15) is 0 Å². The fourth-order valence-electron chi connectivity index (χ4n) is 2.43. The van der Waals surface area contributed by atoms with Gasteiger partial charge in [0.2, 0.25) is 0 Å². The minimum Gasteiger partial charge on any atom is -0.380 e. The third-order valence-corrected chi connectivity index (χ3v) is 3.81. The molecule has 100 valence electrons. The molecule has 0 amide bonds. The predicted octanol–water partition coefficient (Wildman–Crippen LogP) is 3.50. The maximum absolute atomic E-state index is 5.25. The number of nitrogens with one attached hydrogen (secondary N) is 1. The first-order valence-corrected chi connectivity index (χ1v) is 7.12. The minimum absolute atomic E-state index is 0.674. The van der Waals surface area contributed by atoms with Crippen molar-refractivity contribution >= 4 is 0 Å². The Morgan fingerprint density at radius 1 is 1.28 bits per heavy atom. The lowest BCUT2D eigenvalue weighted by molar-refractivity contribution is 0.184. The van der Waals surface area contributed by atoms with Crippen LogP contribution in [0.4, 0.5) is 0 Å². The zero-order valence-electron chi connectivity index (χ0n) is 11.6. The van der Waals surface area contributed by atoms with Gasteiger partial charge < -0.3 is 10.1 Å². The molecule has 0 radical (unpaired) electrons. The highest BCUT2D eigenvalue weighted by atomic mass is 16.5. The van der Waals surface area contributed by atoms with Crippen molar-refractivity contribution in [2.24, 2.45) is 5.92 Å². The number of benzene rings is 1. The van der Waals surface area contributed by atoms with E-state index in [1.807, 2.05) is 0 Å². The number of methoxy groups -OCH3 is 1. The number of hydrogen-bond acceptors (Lipinski definition) is 2. The molecule has 1 aliphatic rings. The highest BCUT2D eigenvalue weighted by Crippen LogP contribution is 2.34. The Morgan fingerprint density at radius 3 is 2.61 bits per heavy atom. The quantitative estimate of drug-likeness (QED) is 0.759. The second-order valence-corrected chi connectivity index (χ2v) is 5.37. The van der Waals surface area contributed by atoms with Crippen LogP contribution in [0, 0.1) is 5.92 Å². The molecule has 18 heavy (non-hydrogen) atoms. The second-order valence-electron chi connectivity index (χ2n) is 5.37. The van der Waals surface area contributed by atoms with E-state index in [2.05, 4.69) is 36.5 Å². The van der Waals surface area contributed by atoms with Crippen LogP contribution in [0.2, 0.25) is 0 Å². The summed E-state index contributed by atoms with van der Waals surface area (Å²) < 4.78 is 5.25. The van der Waals surface area contributed by atoms with E-state index in [0.717, 1.165) is 12.5 Å². The third kappa shape index (κ3) is 4.11. The molecule has 1 aromatic rings. The van der Waals surface area contributed by atoms with Gasteiger partial charge >= 0.3 is 0 Å². The molecule has 1 N–H and O–H groups in total. The van der Waals surface area contributed by atoms with Gasteiger partial charge in [0.1, 0.15) is 0 Å². The SMILES string of the molecule is CCC(CC1CC1)NCc1ccccc1COC. The van der Waals surface area contributed by atoms with Gasteiger partial charge in [-0.1, -0.05) is 44.0 Å². The predicted molar refractivity (Wildman–Crippen MR) is 75.4 cm³/mol. The average Bonchev–Trinajstić information content (AvgIpc) is 3.20. The molecule has 2 nitrogen and oxygen atoms in total. The van der Waals surface area contributed by atoms with Gasteiger partial charge in [0.05, 0.1) is 6.61 Å². The topological polar surface area (TPSA) is 21.3 Å². The van der Waals surface area contributed by atoms with Crippen LogP contribution in [0.25, 0.3) is 0 Å². The summed E-state index contributed by atoms with van der Waals surface area (Å²) in [5.41, 5.74) is 2.67. The molecule has 1 unspecified atom stereocenters. The smallest absolute Gasteiger partial charge is 0.0716 e. The molecule has 0 bridgehead atoms. The van der Waals surface area contributed by atoms with Crippen LogP contribution in [-0.2, 0) is 17.9 Å². The first-order valence-electron chi connectivity index (χ1n) is 7.12. The molecular weight excluding hydrogens is 222 g/mol. The van der Waals surface area contributed by atoms with Crippen molar-refractivity contribution in [1.29, 1.82) is 0 Å². The van der Waals surface area contributed by atoms with E-state index >= 15 is 0 Å². The lowest BCUT2D eigenvalue weighted by Gasteiger charge is -2.18. The molecular formula is C16H25NO.